The molecule has 2 amide bonds. The van der Waals surface area contributed by atoms with Crippen molar-refractivity contribution < 1.29 is 9.59 Å². The van der Waals surface area contributed by atoms with Gasteiger partial charge in [0.15, 0.2) is 0 Å². The molecule has 1 fully saturated rings. The van der Waals surface area contributed by atoms with Crippen molar-refractivity contribution in [2.75, 3.05) is 19.3 Å². The summed E-state index contributed by atoms with van der Waals surface area (Å²) in [5.41, 5.74) is 0. The summed E-state index contributed by atoms with van der Waals surface area (Å²) in [5.74, 6) is -0.306. The lowest BCUT2D eigenvalue weighted by atomic mass is 10.4. The Morgan fingerprint density at radius 1 is 1.67 bits per heavy atom. The average Bonchev–Trinajstić information content (AvgIpc) is 2.08. The van der Waals surface area contributed by atoms with E-state index < -0.39 is 0 Å². The molecular weight excluding hydrogens is 196 g/mol. The number of thioether (sulfide) groups is 1. The van der Waals surface area contributed by atoms with Gasteiger partial charge in [0.05, 0.1) is 6.54 Å². The molecule has 6 heteroatoms. The monoisotopic (exact) mass is 204 g/mol. The Bertz CT molecular complexity index is 234. The maximum Gasteiger partial charge on any atom is 0.247 e. The topological polar surface area (TPSA) is 49.4 Å². The van der Waals surface area contributed by atoms with Crippen molar-refractivity contribution in [2.45, 2.75) is 0 Å². The van der Waals surface area contributed by atoms with E-state index in [1.807, 2.05) is 0 Å². The summed E-state index contributed by atoms with van der Waals surface area (Å²) in [6, 6.07) is 0. The molecule has 12 heavy (non-hydrogen) atoms. The molecule has 1 heterocycles. The first kappa shape index (κ1) is 9.47. The van der Waals surface area contributed by atoms with Crippen molar-refractivity contribution in [1.82, 2.24) is 10.2 Å². The van der Waals surface area contributed by atoms with E-state index in [0.29, 0.717) is 4.32 Å². The number of carbonyl (C=O) groups excluding carboxylic acids is 2. The van der Waals surface area contributed by atoms with E-state index in [0.717, 1.165) is 0 Å². The van der Waals surface area contributed by atoms with Crippen LogP contribution in [0.1, 0.15) is 0 Å². The van der Waals surface area contributed by atoms with Crippen molar-refractivity contribution in [3.05, 3.63) is 0 Å². The van der Waals surface area contributed by atoms with Gasteiger partial charge < -0.3 is 5.32 Å². The van der Waals surface area contributed by atoms with E-state index >= 15 is 0 Å². The Labute approximate surface area is 79.7 Å². The third-order valence-electron chi connectivity index (χ3n) is 1.43. The fraction of sp³-hybridized carbons (Fsp3) is 0.500. The molecule has 0 radical (unpaired) electrons. The molecule has 0 unspecified atom stereocenters. The lowest BCUT2D eigenvalue weighted by Crippen LogP contribution is -2.52. The number of thiocarbonyl (C=S) groups is 1. The van der Waals surface area contributed by atoms with Crippen LogP contribution in [0.15, 0.2) is 0 Å². The highest BCUT2D eigenvalue weighted by Gasteiger charge is 2.25. The Balaban J connectivity index is 2.67. The predicted molar refractivity (Wildman–Crippen MR) is 50.8 cm³/mol. The molecule has 1 saturated heterocycles. The van der Waals surface area contributed by atoms with Crippen LogP contribution in [0, 0.1) is 0 Å². The van der Waals surface area contributed by atoms with Crippen LogP contribution in [0.4, 0.5) is 0 Å². The number of nitrogens with zero attached hydrogens (tertiary/aromatic N) is 1. The first-order valence-corrected chi connectivity index (χ1v) is 4.93. The third-order valence-corrected chi connectivity index (χ3v) is 2.72. The molecule has 0 saturated carbocycles. The number of piperazine rings is 1. The second kappa shape index (κ2) is 3.86. The van der Waals surface area contributed by atoms with Crippen molar-refractivity contribution in [3.8, 4) is 0 Å². The van der Waals surface area contributed by atoms with Gasteiger partial charge in [0.2, 0.25) is 11.8 Å². The molecule has 1 N–H and O–H groups in total. The number of carbonyl (C=O) groups is 2. The minimum absolute atomic E-state index is 0.0541. The van der Waals surface area contributed by atoms with Gasteiger partial charge >= 0.3 is 0 Å². The van der Waals surface area contributed by atoms with Gasteiger partial charge in [-0.05, 0) is 6.26 Å². The molecule has 4 nitrogen and oxygen atoms in total. The molecule has 0 aliphatic carbocycles. The van der Waals surface area contributed by atoms with Gasteiger partial charge in [0.25, 0.3) is 0 Å². The molecule has 1 aliphatic rings. The molecular formula is C6H8N2O2S2. The van der Waals surface area contributed by atoms with Crippen molar-refractivity contribution in [2.24, 2.45) is 0 Å². The van der Waals surface area contributed by atoms with Gasteiger partial charge in [0, 0.05) is 0 Å². The average molecular weight is 204 g/mol. The lowest BCUT2D eigenvalue weighted by Gasteiger charge is -2.25. The molecule has 1 rings (SSSR count). The zero-order valence-corrected chi connectivity index (χ0v) is 8.13. The highest BCUT2D eigenvalue weighted by atomic mass is 32.2. The van der Waals surface area contributed by atoms with Crippen LogP contribution < -0.4 is 5.32 Å². The predicted octanol–water partition coefficient (Wildman–Crippen LogP) is -0.407. The highest BCUT2D eigenvalue weighted by molar-refractivity contribution is 8.22. The molecule has 0 aromatic rings. The summed E-state index contributed by atoms with van der Waals surface area (Å²) in [5, 5.41) is 2.44. The zero-order chi connectivity index (χ0) is 9.14. The Hall–Kier alpha value is -0.620. The smallest absolute Gasteiger partial charge is 0.247 e. The fourth-order valence-corrected chi connectivity index (χ4v) is 1.39. The fourth-order valence-electron chi connectivity index (χ4n) is 0.834. The first-order valence-electron chi connectivity index (χ1n) is 3.30. The van der Waals surface area contributed by atoms with E-state index in [4.69, 9.17) is 12.2 Å². The molecule has 0 bridgehead atoms. The van der Waals surface area contributed by atoms with Crippen LogP contribution in [-0.2, 0) is 9.59 Å². The highest BCUT2D eigenvalue weighted by Crippen LogP contribution is 2.07. The summed E-state index contributed by atoms with van der Waals surface area (Å²) >= 11 is 6.19. The molecule has 0 atom stereocenters. The van der Waals surface area contributed by atoms with Gasteiger partial charge in [-0.1, -0.05) is 24.0 Å². The lowest BCUT2D eigenvalue weighted by molar-refractivity contribution is -0.136. The van der Waals surface area contributed by atoms with E-state index in [9.17, 15) is 9.59 Å². The number of rotatable bonds is 0. The second-order valence-electron chi connectivity index (χ2n) is 2.23. The van der Waals surface area contributed by atoms with E-state index in [1.165, 1.54) is 16.7 Å². The standard InChI is InChI=1S/C6H8N2O2S2/c1-12-6(11)8-3-4(9)7-2-5(8)10/h2-3H2,1H3,(H,7,9). The van der Waals surface area contributed by atoms with Crippen molar-refractivity contribution >= 4 is 40.1 Å². The number of hydrogen-bond acceptors (Lipinski definition) is 4. The summed E-state index contributed by atoms with van der Waals surface area (Å²) in [7, 11) is 0. The number of hydrogen-bond donors (Lipinski definition) is 1. The van der Waals surface area contributed by atoms with Crippen LogP contribution in [-0.4, -0.2) is 40.4 Å². The Kier molecular flexibility index (Phi) is 3.05. The van der Waals surface area contributed by atoms with Crippen molar-refractivity contribution in [1.29, 1.82) is 0 Å². The Morgan fingerprint density at radius 2 is 2.33 bits per heavy atom. The molecule has 66 valence electrons. The molecule has 1 aliphatic heterocycles. The van der Waals surface area contributed by atoms with Crippen LogP contribution in [0.2, 0.25) is 0 Å². The van der Waals surface area contributed by atoms with Gasteiger partial charge in [-0.2, -0.15) is 0 Å². The summed E-state index contributed by atoms with van der Waals surface area (Å²) in [6.07, 6.45) is 1.78. The minimum atomic E-state index is -0.161. The van der Waals surface area contributed by atoms with Crippen molar-refractivity contribution in [3.63, 3.8) is 0 Å². The number of amides is 2. The van der Waals surface area contributed by atoms with E-state index in [-0.39, 0.29) is 24.9 Å². The molecule has 0 aromatic heterocycles. The largest absolute Gasteiger partial charge is 0.345 e. The second-order valence-corrected chi connectivity index (χ2v) is 3.67. The van der Waals surface area contributed by atoms with Gasteiger partial charge in [-0.25, -0.2) is 0 Å². The molecule has 0 aromatic carbocycles. The normalized spacial score (nSPS) is 17.6. The van der Waals surface area contributed by atoms with Gasteiger partial charge in [0.1, 0.15) is 10.9 Å². The molecule has 0 spiro atoms. The van der Waals surface area contributed by atoms with Crippen LogP contribution in [0.3, 0.4) is 0 Å². The SMILES string of the molecule is CSC(=S)N1CC(=O)NCC1=O. The van der Waals surface area contributed by atoms with Gasteiger partial charge in [-0.15, -0.1) is 0 Å². The number of nitrogens with one attached hydrogen (secondary N) is 1. The van der Waals surface area contributed by atoms with E-state index in [2.05, 4.69) is 5.32 Å². The first-order chi connectivity index (χ1) is 5.65. The van der Waals surface area contributed by atoms with Crippen LogP contribution >= 0.6 is 24.0 Å². The maximum atomic E-state index is 11.2. The van der Waals surface area contributed by atoms with Crippen LogP contribution in [0.5, 0.6) is 0 Å². The zero-order valence-electron chi connectivity index (χ0n) is 6.49. The van der Waals surface area contributed by atoms with Crippen LogP contribution in [0.25, 0.3) is 0 Å². The summed E-state index contributed by atoms with van der Waals surface area (Å²) in [6.45, 7) is 0.109. The summed E-state index contributed by atoms with van der Waals surface area (Å²) in [4.78, 5) is 23.3. The maximum absolute atomic E-state index is 11.2. The van der Waals surface area contributed by atoms with Gasteiger partial charge in [-0.3, -0.25) is 14.5 Å². The van der Waals surface area contributed by atoms with E-state index in [1.54, 1.807) is 6.26 Å². The quantitative estimate of drug-likeness (QED) is 0.545. The minimum Gasteiger partial charge on any atom is -0.345 e. The third kappa shape index (κ3) is 1.95. The Morgan fingerprint density at radius 3 is 2.92 bits per heavy atom. The summed E-state index contributed by atoms with van der Waals surface area (Å²) < 4.78 is 0.454.